The average Bonchev–Trinajstić information content (AvgIpc) is 3.90. The van der Waals surface area contributed by atoms with Crippen molar-refractivity contribution in [1.29, 1.82) is 0 Å². The van der Waals surface area contributed by atoms with Crippen LogP contribution in [0.4, 0.5) is 17.1 Å². The standard InChI is InChI=1S/C52H35NO/c1-51(2)43-18-8-3-13-35(43)39-26-23-32(29-47(39)51)53(34-25-28-42-41-17-7-12-22-49(41)54-50(42)31-34)33-24-27-40-38-16-6-11-21-46(38)52(48(40)30-33)44-19-9-4-14-36(44)37-15-5-10-20-45(37)52/h3-31H,1-2H3. The Morgan fingerprint density at radius 3 is 1.41 bits per heavy atom. The van der Waals surface area contributed by atoms with Crippen LogP contribution in [0.25, 0.3) is 55.3 Å². The summed E-state index contributed by atoms with van der Waals surface area (Å²) in [6.45, 7) is 4.72. The van der Waals surface area contributed by atoms with Crippen molar-refractivity contribution in [2.45, 2.75) is 24.7 Å². The summed E-state index contributed by atoms with van der Waals surface area (Å²) in [5.74, 6) is 0. The number of nitrogens with zero attached hydrogens (tertiary/aromatic N) is 1. The lowest BCUT2D eigenvalue weighted by Gasteiger charge is -2.32. The van der Waals surface area contributed by atoms with Gasteiger partial charge in [0.1, 0.15) is 11.2 Å². The van der Waals surface area contributed by atoms with Gasteiger partial charge in [0.05, 0.1) is 5.41 Å². The second kappa shape index (κ2) is 10.5. The fourth-order valence-corrected chi connectivity index (χ4v) is 10.4. The van der Waals surface area contributed by atoms with E-state index in [1.165, 1.54) is 66.8 Å². The highest BCUT2D eigenvalue weighted by atomic mass is 16.3. The summed E-state index contributed by atoms with van der Waals surface area (Å²) < 4.78 is 6.51. The number of fused-ring (bicyclic) bond motifs is 16. The van der Waals surface area contributed by atoms with E-state index in [2.05, 4.69) is 189 Å². The Hall–Kier alpha value is -6.64. The second-order valence-corrected chi connectivity index (χ2v) is 15.6. The van der Waals surface area contributed by atoms with E-state index in [1.807, 2.05) is 6.07 Å². The molecule has 8 aromatic carbocycles. The Balaban J connectivity index is 1.13. The molecule has 0 radical (unpaired) electrons. The predicted molar refractivity (Wildman–Crippen MR) is 222 cm³/mol. The first-order valence-corrected chi connectivity index (χ1v) is 18.9. The van der Waals surface area contributed by atoms with Crippen LogP contribution < -0.4 is 4.90 Å². The molecular weight excluding hydrogens is 655 g/mol. The van der Waals surface area contributed by atoms with Crippen LogP contribution in [0.3, 0.4) is 0 Å². The van der Waals surface area contributed by atoms with Gasteiger partial charge in [-0.15, -0.1) is 0 Å². The van der Waals surface area contributed by atoms with Crippen molar-refractivity contribution in [1.82, 2.24) is 0 Å². The van der Waals surface area contributed by atoms with E-state index in [1.54, 1.807) is 0 Å². The number of benzene rings is 8. The van der Waals surface area contributed by atoms with Gasteiger partial charge in [0.15, 0.2) is 0 Å². The number of anilines is 3. The number of hydrogen-bond acceptors (Lipinski definition) is 2. The van der Waals surface area contributed by atoms with Gasteiger partial charge < -0.3 is 9.32 Å². The van der Waals surface area contributed by atoms with Crippen molar-refractivity contribution >= 4 is 39.0 Å². The zero-order valence-corrected chi connectivity index (χ0v) is 30.1. The molecule has 0 unspecified atom stereocenters. The Morgan fingerprint density at radius 1 is 0.352 bits per heavy atom. The highest BCUT2D eigenvalue weighted by Crippen LogP contribution is 2.63. The van der Waals surface area contributed by atoms with E-state index in [4.69, 9.17) is 4.42 Å². The SMILES string of the molecule is CC1(C)c2ccccc2-c2ccc(N(c3ccc4c(c3)C3(c5ccccc5-c5ccccc53)c3ccccc3-4)c3ccc4c(c3)oc3ccccc34)cc21. The van der Waals surface area contributed by atoms with Crippen molar-refractivity contribution < 1.29 is 4.42 Å². The summed E-state index contributed by atoms with van der Waals surface area (Å²) >= 11 is 0. The summed E-state index contributed by atoms with van der Waals surface area (Å²) in [6, 6.07) is 65.2. The van der Waals surface area contributed by atoms with Gasteiger partial charge in [0, 0.05) is 39.3 Å². The molecule has 0 atom stereocenters. The smallest absolute Gasteiger partial charge is 0.137 e. The fourth-order valence-electron chi connectivity index (χ4n) is 10.4. The maximum atomic E-state index is 6.51. The molecule has 0 saturated carbocycles. The molecule has 3 aliphatic carbocycles. The van der Waals surface area contributed by atoms with Gasteiger partial charge in [-0.3, -0.25) is 0 Å². The van der Waals surface area contributed by atoms with Crippen molar-refractivity contribution in [3.63, 3.8) is 0 Å². The maximum Gasteiger partial charge on any atom is 0.137 e. The van der Waals surface area contributed by atoms with Crippen LogP contribution in [-0.2, 0) is 10.8 Å². The summed E-state index contributed by atoms with van der Waals surface area (Å²) in [6.07, 6.45) is 0. The topological polar surface area (TPSA) is 16.4 Å². The summed E-state index contributed by atoms with van der Waals surface area (Å²) in [7, 11) is 0. The van der Waals surface area contributed by atoms with Crippen molar-refractivity contribution in [3.05, 3.63) is 209 Å². The van der Waals surface area contributed by atoms with Crippen molar-refractivity contribution in [2.24, 2.45) is 0 Å². The Bertz CT molecular complexity index is 2990. The first kappa shape index (κ1) is 29.9. The van der Waals surface area contributed by atoms with Crippen LogP contribution >= 0.6 is 0 Å². The zero-order valence-electron chi connectivity index (χ0n) is 30.1. The molecule has 2 heteroatoms. The molecular formula is C52H35NO. The molecule has 0 fully saturated rings. The molecule has 12 rings (SSSR count). The van der Waals surface area contributed by atoms with Crippen molar-refractivity contribution in [3.8, 4) is 33.4 Å². The number of furan rings is 1. The molecule has 1 spiro atoms. The highest BCUT2D eigenvalue weighted by Gasteiger charge is 2.51. The van der Waals surface area contributed by atoms with Gasteiger partial charge in [0.25, 0.3) is 0 Å². The van der Waals surface area contributed by atoms with E-state index < -0.39 is 5.41 Å². The minimum absolute atomic E-state index is 0.128. The lowest BCUT2D eigenvalue weighted by molar-refractivity contribution is 0.660. The summed E-state index contributed by atoms with van der Waals surface area (Å²) in [4.78, 5) is 2.44. The lowest BCUT2D eigenvalue weighted by Crippen LogP contribution is -2.26. The third kappa shape index (κ3) is 3.70. The monoisotopic (exact) mass is 689 g/mol. The Morgan fingerprint density at radius 2 is 0.778 bits per heavy atom. The van der Waals surface area contributed by atoms with Crippen molar-refractivity contribution in [2.75, 3.05) is 4.90 Å². The van der Waals surface area contributed by atoms with Crippen LogP contribution in [-0.4, -0.2) is 0 Å². The van der Waals surface area contributed by atoms with Crippen LogP contribution in [0.15, 0.2) is 180 Å². The molecule has 0 amide bonds. The van der Waals surface area contributed by atoms with Gasteiger partial charge in [-0.2, -0.15) is 0 Å². The van der Waals surface area contributed by atoms with E-state index in [-0.39, 0.29) is 5.41 Å². The van der Waals surface area contributed by atoms with E-state index >= 15 is 0 Å². The minimum atomic E-state index is -0.426. The summed E-state index contributed by atoms with van der Waals surface area (Å²) in [5.41, 5.74) is 20.5. The molecule has 9 aromatic rings. The molecule has 0 bridgehead atoms. The van der Waals surface area contributed by atoms with E-state index in [9.17, 15) is 0 Å². The minimum Gasteiger partial charge on any atom is -0.456 e. The van der Waals surface area contributed by atoms with Gasteiger partial charge in [0.2, 0.25) is 0 Å². The molecule has 54 heavy (non-hydrogen) atoms. The van der Waals surface area contributed by atoms with Crippen LogP contribution in [0.2, 0.25) is 0 Å². The Kier molecular flexibility index (Phi) is 5.81. The first-order chi connectivity index (χ1) is 26.5. The second-order valence-electron chi connectivity index (χ2n) is 15.6. The molecule has 254 valence electrons. The highest BCUT2D eigenvalue weighted by molar-refractivity contribution is 6.06. The van der Waals surface area contributed by atoms with Gasteiger partial charge >= 0.3 is 0 Å². The lowest BCUT2D eigenvalue weighted by atomic mass is 9.70. The molecule has 0 saturated heterocycles. The normalized spacial score (nSPS) is 14.8. The number of rotatable bonds is 3. The van der Waals surface area contributed by atoms with Gasteiger partial charge in [-0.05, 0) is 109 Å². The van der Waals surface area contributed by atoms with Gasteiger partial charge in [-0.25, -0.2) is 0 Å². The molecule has 1 aromatic heterocycles. The third-order valence-corrected chi connectivity index (χ3v) is 12.7. The first-order valence-electron chi connectivity index (χ1n) is 18.9. The fraction of sp³-hybridized carbons (Fsp3) is 0.0769. The number of hydrogen-bond donors (Lipinski definition) is 0. The van der Waals surface area contributed by atoms with Crippen LogP contribution in [0, 0.1) is 0 Å². The Labute approximate surface area is 314 Å². The molecule has 3 aliphatic rings. The van der Waals surface area contributed by atoms with E-state index in [0.717, 1.165) is 39.0 Å². The van der Waals surface area contributed by atoms with Gasteiger partial charge in [-0.1, -0.05) is 141 Å². The quantitative estimate of drug-likeness (QED) is 0.184. The predicted octanol–water partition coefficient (Wildman–Crippen LogP) is 13.7. The largest absolute Gasteiger partial charge is 0.456 e. The molecule has 1 heterocycles. The molecule has 2 nitrogen and oxygen atoms in total. The maximum absolute atomic E-state index is 6.51. The van der Waals surface area contributed by atoms with Crippen LogP contribution in [0.5, 0.6) is 0 Å². The third-order valence-electron chi connectivity index (χ3n) is 12.7. The zero-order chi connectivity index (χ0) is 35.8. The molecule has 0 N–H and O–H groups in total. The summed E-state index contributed by atoms with van der Waals surface area (Å²) in [5, 5.41) is 2.26. The average molecular weight is 690 g/mol. The van der Waals surface area contributed by atoms with Crippen LogP contribution in [0.1, 0.15) is 47.2 Å². The van der Waals surface area contributed by atoms with E-state index in [0.29, 0.717) is 0 Å². The number of para-hydroxylation sites is 1. The molecule has 0 aliphatic heterocycles.